The van der Waals surface area contributed by atoms with E-state index in [2.05, 4.69) is 10.2 Å². The molecule has 6 heteroatoms. The van der Waals surface area contributed by atoms with Crippen molar-refractivity contribution >= 4 is 11.7 Å². The van der Waals surface area contributed by atoms with E-state index in [1.807, 2.05) is 20.8 Å². The van der Waals surface area contributed by atoms with Crippen LogP contribution < -0.4 is 14.8 Å². The van der Waals surface area contributed by atoms with E-state index in [0.717, 1.165) is 19.4 Å². The highest BCUT2D eigenvalue weighted by atomic mass is 16.7. The lowest BCUT2D eigenvalue weighted by molar-refractivity contribution is -0.124. The first-order chi connectivity index (χ1) is 11.8. The maximum Gasteiger partial charge on any atom is 0.234 e. The first-order valence-corrected chi connectivity index (χ1v) is 8.79. The minimum atomic E-state index is -0.241. The lowest BCUT2D eigenvalue weighted by Gasteiger charge is -2.32. The summed E-state index contributed by atoms with van der Waals surface area (Å²) in [4.78, 5) is 27.0. The summed E-state index contributed by atoms with van der Waals surface area (Å²) in [5.74, 6) is 1.34. The number of nitrogens with one attached hydrogen (secondary N) is 1. The Bertz CT molecular complexity index is 666. The van der Waals surface area contributed by atoms with Crippen LogP contribution in [0.15, 0.2) is 18.2 Å². The molecule has 2 aliphatic heterocycles. The molecule has 6 nitrogen and oxygen atoms in total. The van der Waals surface area contributed by atoms with Crippen molar-refractivity contribution in [2.45, 2.75) is 39.2 Å². The Morgan fingerprint density at radius 2 is 2.00 bits per heavy atom. The Morgan fingerprint density at radius 1 is 1.24 bits per heavy atom. The van der Waals surface area contributed by atoms with Crippen LogP contribution >= 0.6 is 0 Å². The fraction of sp³-hybridized carbons (Fsp3) is 0.579. The van der Waals surface area contributed by atoms with Crippen molar-refractivity contribution in [3.05, 3.63) is 23.8 Å². The third-order valence-corrected chi connectivity index (χ3v) is 4.42. The Labute approximate surface area is 148 Å². The predicted molar refractivity (Wildman–Crippen MR) is 94.0 cm³/mol. The number of amides is 1. The predicted octanol–water partition coefficient (Wildman–Crippen LogP) is 2.22. The number of piperidine rings is 1. The topological polar surface area (TPSA) is 67.9 Å². The zero-order valence-corrected chi connectivity index (χ0v) is 15.1. The largest absolute Gasteiger partial charge is 0.454 e. The van der Waals surface area contributed by atoms with Gasteiger partial charge in [-0.15, -0.1) is 0 Å². The number of fused-ring (bicyclic) bond motifs is 1. The van der Waals surface area contributed by atoms with Gasteiger partial charge in [0.05, 0.1) is 6.54 Å². The number of likely N-dealkylation sites (tertiary alicyclic amines) is 1. The van der Waals surface area contributed by atoms with Crippen molar-refractivity contribution in [3.63, 3.8) is 0 Å². The van der Waals surface area contributed by atoms with E-state index in [0.29, 0.717) is 30.2 Å². The van der Waals surface area contributed by atoms with Gasteiger partial charge in [0.15, 0.2) is 17.3 Å². The van der Waals surface area contributed by atoms with E-state index in [1.165, 1.54) is 0 Å². The van der Waals surface area contributed by atoms with Gasteiger partial charge in [0, 0.05) is 23.6 Å². The molecule has 3 rings (SSSR count). The standard InChI is InChI=1S/C19H26N2O4/c1-19(2,3)20-17(22)11-21-8-4-5-14(10-21)18(23)13-6-7-15-16(9-13)25-12-24-15/h6-7,9,14H,4-5,8,10-12H2,1-3H3,(H,20,22). The molecule has 2 aliphatic rings. The highest BCUT2D eigenvalue weighted by Crippen LogP contribution is 2.33. The molecule has 0 aliphatic carbocycles. The maximum atomic E-state index is 12.8. The van der Waals surface area contributed by atoms with Crippen molar-refractivity contribution in [1.29, 1.82) is 0 Å². The number of ether oxygens (including phenoxy) is 2. The molecule has 1 unspecified atom stereocenters. The van der Waals surface area contributed by atoms with Gasteiger partial charge in [0.1, 0.15) is 0 Å². The van der Waals surface area contributed by atoms with E-state index in [1.54, 1.807) is 18.2 Å². The van der Waals surface area contributed by atoms with Crippen LogP contribution in [0.4, 0.5) is 0 Å². The van der Waals surface area contributed by atoms with E-state index in [4.69, 9.17) is 9.47 Å². The fourth-order valence-corrected chi connectivity index (χ4v) is 3.36. The summed E-state index contributed by atoms with van der Waals surface area (Å²) in [6, 6.07) is 5.34. The summed E-state index contributed by atoms with van der Waals surface area (Å²) in [7, 11) is 0. The van der Waals surface area contributed by atoms with E-state index in [9.17, 15) is 9.59 Å². The lowest BCUT2D eigenvalue weighted by atomic mass is 9.90. The van der Waals surface area contributed by atoms with Gasteiger partial charge in [-0.3, -0.25) is 14.5 Å². The van der Waals surface area contributed by atoms with E-state index < -0.39 is 0 Å². The minimum Gasteiger partial charge on any atom is -0.454 e. The van der Waals surface area contributed by atoms with E-state index in [-0.39, 0.29) is 29.9 Å². The van der Waals surface area contributed by atoms with E-state index >= 15 is 0 Å². The maximum absolute atomic E-state index is 12.8. The van der Waals surface area contributed by atoms with Gasteiger partial charge >= 0.3 is 0 Å². The summed E-state index contributed by atoms with van der Waals surface area (Å²) < 4.78 is 10.7. The summed E-state index contributed by atoms with van der Waals surface area (Å²) in [5.41, 5.74) is 0.407. The second kappa shape index (κ2) is 7.04. The number of hydrogen-bond donors (Lipinski definition) is 1. The molecule has 25 heavy (non-hydrogen) atoms. The van der Waals surface area contributed by atoms with Gasteiger partial charge in [-0.05, 0) is 58.4 Å². The first-order valence-electron chi connectivity index (χ1n) is 8.79. The second-order valence-corrected chi connectivity index (χ2v) is 7.80. The quantitative estimate of drug-likeness (QED) is 0.847. The molecule has 1 N–H and O–H groups in total. The van der Waals surface area contributed by atoms with Crippen LogP contribution in [-0.4, -0.2) is 48.6 Å². The van der Waals surface area contributed by atoms with Gasteiger partial charge in [-0.2, -0.15) is 0 Å². The van der Waals surface area contributed by atoms with Crippen molar-refractivity contribution < 1.29 is 19.1 Å². The highest BCUT2D eigenvalue weighted by molar-refractivity contribution is 5.98. The number of benzene rings is 1. The molecular weight excluding hydrogens is 320 g/mol. The van der Waals surface area contributed by atoms with Crippen LogP contribution in [0, 0.1) is 5.92 Å². The van der Waals surface area contributed by atoms with Gasteiger partial charge in [0.25, 0.3) is 0 Å². The molecule has 2 heterocycles. The molecule has 136 valence electrons. The Balaban J connectivity index is 1.61. The third kappa shape index (κ3) is 4.51. The Morgan fingerprint density at radius 3 is 2.76 bits per heavy atom. The summed E-state index contributed by atoms with van der Waals surface area (Å²) >= 11 is 0. The molecule has 1 saturated heterocycles. The normalized spacial score (nSPS) is 20.4. The molecule has 0 bridgehead atoms. The third-order valence-electron chi connectivity index (χ3n) is 4.42. The van der Waals surface area contributed by atoms with Crippen molar-refractivity contribution in [2.75, 3.05) is 26.4 Å². The molecule has 1 amide bonds. The number of Topliss-reactive ketones (excluding diaryl/α,β-unsaturated/α-hetero) is 1. The zero-order valence-electron chi connectivity index (χ0n) is 15.1. The number of carbonyl (C=O) groups is 2. The number of ketones is 1. The molecule has 1 aromatic carbocycles. The van der Waals surface area contributed by atoms with Crippen LogP contribution in [0.2, 0.25) is 0 Å². The van der Waals surface area contributed by atoms with Crippen LogP contribution in [0.1, 0.15) is 44.0 Å². The zero-order chi connectivity index (χ0) is 18.0. The van der Waals surface area contributed by atoms with Crippen molar-refractivity contribution in [2.24, 2.45) is 5.92 Å². The number of carbonyl (C=O) groups excluding carboxylic acids is 2. The number of rotatable bonds is 4. The fourth-order valence-electron chi connectivity index (χ4n) is 3.36. The van der Waals surface area contributed by atoms with Crippen molar-refractivity contribution in [3.8, 4) is 11.5 Å². The average Bonchev–Trinajstić information content (AvgIpc) is 3.00. The summed E-state index contributed by atoms with van der Waals surface area (Å²) in [5, 5.41) is 2.97. The molecule has 1 aromatic rings. The summed E-state index contributed by atoms with van der Waals surface area (Å²) in [6.45, 7) is 7.90. The smallest absolute Gasteiger partial charge is 0.234 e. The first kappa shape index (κ1) is 17.7. The molecular formula is C19H26N2O4. The number of hydrogen-bond acceptors (Lipinski definition) is 5. The molecule has 1 fully saturated rings. The minimum absolute atomic E-state index is 0.00341. The van der Waals surface area contributed by atoms with Crippen molar-refractivity contribution in [1.82, 2.24) is 10.2 Å². The van der Waals surface area contributed by atoms with Gasteiger partial charge in [-0.25, -0.2) is 0 Å². The molecule has 0 radical (unpaired) electrons. The van der Waals surface area contributed by atoms with Gasteiger partial charge < -0.3 is 14.8 Å². The monoisotopic (exact) mass is 346 g/mol. The molecule has 0 aromatic heterocycles. The number of nitrogens with zero attached hydrogens (tertiary/aromatic N) is 1. The lowest BCUT2D eigenvalue weighted by Crippen LogP contribution is -2.48. The highest BCUT2D eigenvalue weighted by Gasteiger charge is 2.29. The van der Waals surface area contributed by atoms with Crippen LogP contribution in [0.3, 0.4) is 0 Å². The molecule has 1 atom stereocenters. The van der Waals surface area contributed by atoms with Crippen LogP contribution in [0.5, 0.6) is 11.5 Å². The second-order valence-electron chi connectivity index (χ2n) is 7.80. The van der Waals surface area contributed by atoms with Crippen LogP contribution in [0.25, 0.3) is 0 Å². The molecule has 0 spiro atoms. The summed E-state index contributed by atoms with van der Waals surface area (Å²) in [6.07, 6.45) is 1.77. The molecule has 0 saturated carbocycles. The van der Waals surface area contributed by atoms with Gasteiger partial charge in [-0.1, -0.05) is 0 Å². The SMILES string of the molecule is CC(C)(C)NC(=O)CN1CCCC(C(=O)c2ccc3c(c2)OCO3)C1. The van der Waals surface area contributed by atoms with Crippen LogP contribution in [-0.2, 0) is 4.79 Å². The average molecular weight is 346 g/mol. The Hall–Kier alpha value is -2.08. The van der Waals surface area contributed by atoms with Gasteiger partial charge in [0.2, 0.25) is 12.7 Å². The Kier molecular flexibility index (Phi) is 4.99.